The van der Waals surface area contributed by atoms with Crippen LogP contribution in [0, 0.1) is 17.3 Å². The molecule has 1 aromatic carbocycles. The number of pyridine rings is 1. The minimum atomic E-state index is -1.52. The van der Waals surface area contributed by atoms with Gasteiger partial charge in [-0.25, -0.2) is 19.6 Å². The average Bonchev–Trinajstić information content (AvgIpc) is 3.50. The van der Waals surface area contributed by atoms with E-state index in [1.807, 2.05) is 26.8 Å². The van der Waals surface area contributed by atoms with E-state index in [1.54, 1.807) is 30.7 Å². The van der Waals surface area contributed by atoms with Crippen LogP contribution in [0.3, 0.4) is 0 Å². The SMILES string of the molecule is C=C[C@@H]1C[C@]1(NC(=O)[C@@H]1C[C@@H](Oc2cc(-c3csc(NC(=O)CC(C)(C)C)n3)nc3cc(OC)ccc23)CN1C(=O)[C@@H](NC(=O)OC1CCCCC1)C1CCCCC1)C(=O)O. The molecule has 4 amide bonds. The maximum absolute atomic E-state index is 14.9. The molecular weight excluding hydrogens is 801 g/mol. The minimum Gasteiger partial charge on any atom is -0.497 e. The van der Waals surface area contributed by atoms with Crippen LogP contribution in [0.2, 0.25) is 0 Å². The lowest BCUT2D eigenvalue weighted by molar-refractivity contribution is -0.146. The molecule has 0 radical (unpaired) electrons. The number of nitrogens with zero attached hydrogens (tertiary/aromatic N) is 3. The molecular formula is C45H58N6O9S. The number of aliphatic carboxylic acids is 1. The predicted molar refractivity (Wildman–Crippen MR) is 230 cm³/mol. The number of ether oxygens (including phenoxy) is 3. The number of amides is 4. The van der Waals surface area contributed by atoms with Gasteiger partial charge in [0.05, 0.1) is 24.9 Å². The van der Waals surface area contributed by atoms with Crippen LogP contribution in [0.15, 0.2) is 42.3 Å². The number of carboxylic acids is 1. The van der Waals surface area contributed by atoms with Crippen molar-refractivity contribution in [2.45, 2.75) is 134 Å². The Hall–Kier alpha value is -5.25. The Balaban J connectivity index is 1.19. The molecule has 0 spiro atoms. The summed E-state index contributed by atoms with van der Waals surface area (Å²) < 4.78 is 18.1. The molecule has 4 N–H and O–H groups in total. The van der Waals surface area contributed by atoms with Gasteiger partial charge in [0.2, 0.25) is 17.7 Å². The van der Waals surface area contributed by atoms with Gasteiger partial charge in [-0.2, -0.15) is 0 Å². The number of carboxylic acid groups (broad SMARTS) is 1. The van der Waals surface area contributed by atoms with Crippen molar-refractivity contribution in [1.29, 1.82) is 0 Å². The Morgan fingerprint density at radius 1 is 1.00 bits per heavy atom. The summed E-state index contributed by atoms with van der Waals surface area (Å²) in [6.07, 6.45) is 9.35. The highest BCUT2D eigenvalue weighted by molar-refractivity contribution is 7.14. The van der Waals surface area contributed by atoms with Gasteiger partial charge in [0.1, 0.15) is 47.0 Å². The first kappa shape index (κ1) is 43.8. The molecule has 1 saturated heterocycles. The van der Waals surface area contributed by atoms with Gasteiger partial charge in [0.25, 0.3) is 0 Å². The number of thiazole rings is 1. The zero-order chi connectivity index (χ0) is 43.5. The lowest BCUT2D eigenvalue weighted by Crippen LogP contribution is -2.58. The van der Waals surface area contributed by atoms with E-state index in [1.165, 1.54) is 22.3 Å². The number of methoxy groups -OCH3 is 1. The Morgan fingerprint density at radius 3 is 2.38 bits per heavy atom. The van der Waals surface area contributed by atoms with Gasteiger partial charge in [-0.15, -0.1) is 17.9 Å². The maximum atomic E-state index is 14.9. The number of anilines is 1. The Kier molecular flexibility index (Phi) is 13.2. The third-order valence-electron chi connectivity index (χ3n) is 12.3. The van der Waals surface area contributed by atoms with Gasteiger partial charge in [-0.05, 0) is 68.4 Å². The Morgan fingerprint density at radius 2 is 1.72 bits per heavy atom. The van der Waals surface area contributed by atoms with Gasteiger partial charge < -0.3 is 40.2 Å². The zero-order valence-corrected chi connectivity index (χ0v) is 36.3. The smallest absolute Gasteiger partial charge is 0.408 e. The lowest BCUT2D eigenvalue weighted by atomic mass is 9.83. The summed E-state index contributed by atoms with van der Waals surface area (Å²) in [4.78, 5) is 78.9. The summed E-state index contributed by atoms with van der Waals surface area (Å²) in [5, 5.41) is 21.6. The van der Waals surface area contributed by atoms with Crippen molar-refractivity contribution >= 4 is 57.2 Å². The molecule has 1 aliphatic heterocycles. The molecule has 3 heterocycles. The van der Waals surface area contributed by atoms with Crippen LogP contribution in [0.25, 0.3) is 22.3 Å². The largest absolute Gasteiger partial charge is 0.497 e. The van der Waals surface area contributed by atoms with Crippen LogP contribution in [0.5, 0.6) is 11.5 Å². The number of carbonyl (C=O) groups is 5. The van der Waals surface area contributed by atoms with E-state index >= 15 is 0 Å². The standard InChI is InChI=1S/C45H58N6O9S/c1-6-27-22-45(27,41(55)56)50-39(53)35-20-30(24-51(35)40(54)38(26-13-9-7-10-14-26)49-43(57)60-28-15-11-8-12-16-28)59-36-21-33(46-32-19-29(58-5)17-18-31(32)36)34-25-61-42(47-34)48-37(52)23-44(2,3)4/h6,17-19,21,25-28,30,35,38H,1,7-16,20,22-24H2,2-5H3,(H,49,57)(H,50,53)(H,55,56)(H,47,48,52)/t27-,30-,35+,38+,45-/m1/s1. The van der Waals surface area contributed by atoms with Crippen LogP contribution in [0.4, 0.5) is 9.93 Å². The van der Waals surface area contributed by atoms with Crippen LogP contribution in [0.1, 0.15) is 104 Å². The number of hydrogen-bond donors (Lipinski definition) is 4. The molecule has 3 aliphatic carbocycles. The predicted octanol–water partition coefficient (Wildman–Crippen LogP) is 7.24. The van der Waals surface area contributed by atoms with E-state index in [2.05, 4.69) is 27.5 Å². The summed E-state index contributed by atoms with van der Waals surface area (Å²) >= 11 is 1.27. The van der Waals surface area contributed by atoms with E-state index in [4.69, 9.17) is 19.2 Å². The number of likely N-dealkylation sites (tertiary alicyclic amines) is 1. The molecule has 4 fully saturated rings. The summed E-state index contributed by atoms with van der Waals surface area (Å²) in [5.41, 5.74) is -0.205. The summed E-state index contributed by atoms with van der Waals surface area (Å²) in [6.45, 7) is 9.70. The van der Waals surface area contributed by atoms with Crippen molar-refractivity contribution in [3.63, 3.8) is 0 Å². The highest BCUT2D eigenvalue weighted by atomic mass is 32.1. The molecule has 2 aromatic heterocycles. The first-order valence-corrected chi connectivity index (χ1v) is 22.4. The summed E-state index contributed by atoms with van der Waals surface area (Å²) in [7, 11) is 1.56. The van der Waals surface area contributed by atoms with Crippen molar-refractivity contribution in [3.8, 4) is 22.9 Å². The van der Waals surface area contributed by atoms with Gasteiger partial charge in [0, 0.05) is 41.7 Å². The number of rotatable bonds is 14. The number of alkyl carbamates (subject to hydrolysis) is 1. The topological polar surface area (TPSA) is 198 Å². The monoisotopic (exact) mass is 858 g/mol. The normalized spacial score (nSPS) is 23.7. The third-order valence-corrected chi connectivity index (χ3v) is 13.1. The molecule has 0 unspecified atom stereocenters. The van der Waals surface area contributed by atoms with E-state index in [9.17, 15) is 29.1 Å². The summed E-state index contributed by atoms with van der Waals surface area (Å²) in [6, 6.07) is 5.07. The first-order valence-electron chi connectivity index (χ1n) is 21.5. The van der Waals surface area contributed by atoms with Gasteiger partial charge >= 0.3 is 12.1 Å². The molecule has 16 heteroatoms. The fraction of sp³-hybridized carbons (Fsp3) is 0.578. The number of fused-ring (bicyclic) bond motifs is 1. The quantitative estimate of drug-likeness (QED) is 0.119. The van der Waals surface area contributed by atoms with E-state index < -0.39 is 53.5 Å². The van der Waals surface area contributed by atoms with Crippen molar-refractivity contribution in [3.05, 3.63) is 42.3 Å². The molecule has 7 rings (SSSR count). The Labute approximate surface area is 360 Å². The second-order valence-electron chi connectivity index (χ2n) is 18.2. The van der Waals surface area contributed by atoms with E-state index in [-0.39, 0.29) is 42.7 Å². The zero-order valence-electron chi connectivity index (χ0n) is 35.5. The van der Waals surface area contributed by atoms with Crippen molar-refractivity contribution in [1.82, 2.24) is 25.5 Å². The average molecular weight is 859 g/mol. The number of hydrogen-bond acceptors (Lipinski definition) is 11. The second kappa shape index (κ2) is 18.4. The molecule has 3 aromatic rings. The van der Waals surface area contributed by atoms with Crippen molar-refractivity contribution in [2.24, 2.45) is 17.3 Å². The highest BCUT2D eigenvalue weighted by Gasteiger charge is 2.61. The van der Waals surface area contributed by atoms with Crippen LogP contribution >= 0.6 is 11.3 Å². The van der Waals surface area contributed by atoms with Crippen molar-refractivity contribution in [2.75, 3.05) is 19.0 Å². The number of carbonyl (C=O) groups excluding carboxylic acids is 4. The van der Waals surface area contributed by atoms with E-state index in [0.717, 1.165) is 64.2 Å². The van der Waals surface area contributed by atoms with Crippen LogP contribution in [-0.4, -0.2) is 93.2 Å². The maximum Gasteiger partial charge on any atom is 0.408 e. The number of aromatic nitrogens is 2. The van der Waals surface area contributed by atoms with Gasteiger partial charge in [0.15, 0.2) is 5.13 Å². The molecule has 328 valence electrons. The number of benzene rings is 1. The number of nitrogens with one attached hydrogen (secondary N) is 3. The second-order valence-corrected chi connectivity index (χ2v) is 19.0. The molecule has 4 aliphatic rings. The van der Waals surface area contributed by atoms with Gasteiger partial charge in [-0.3, -0.25) is 14.4 Å². The molecule has 15 nitrogen and oxygen atoms in total. The van der Waals surface area contributed by atoms with E-state index in [0.29, 0.717) is 45.3 Å². The van der Waals surface area contributed by atoms with Crippen molar-refractivity contribution < 1.29 is 43.3 Å². The summed E-state index contributed by atoms with van der Waals surface area (Å²) in [5.74, 6) is -2.03. The Bertz CT molecular complexity index is 2140. The van der Waals surface area contributed by atoms with Crippen LogP contribution < -0.4 is 25.4 Å². The van der Waals surface area contributed by atoms with Gasteiger partial charge in [-0.1, -0.05) is 52.5 Å². The molecule has 5 atom stereocenters. The lowest BCUT2D eigenvalue weighted by Gasteiger charge is -2.35. The molecule has 3 saturated carbocycles. The fourth-order valence-electron chi connectivity index (χ4n) is 9.02. The first-order chi connectivity index (χ1) is 29.2. The minimum absolute atomic E-state index is 0.0135. The third kappa shape index (κ3) is 10.3. The fourth-order valence-corrected chi connectivity index (χ4v) is 9.74. The molecule has 0 bridgehead atoms. The van der Waals surface area contributed by atoms with Crippen LogP contribution in [-0.2, 0) is 23.9 Å². The molecule has 61 heavy (non-hydrogen) atoms. The highest BCUT2D eigenvalue weighted by Crippen LogP contribution is 2.45.